The summed E-state index contributed by atoms with van der Waals surface area (Å²) in [5, 5.41) is 0. The third-order valence-corrected chi connectivity index (χ3v) is 5.01. The standard InChI is InChI=1S/C20H19N2O2.Y/c1-21-13-18-16-10-6-5-9-15(16)12-17(20(21)24)22(18)19(23)11-14-7-3-2-4-8-14;/h2-7,9-10,17-18H,11-13H2,1H3;/q-1;/t17-,18-;/m1./s1. The van der Waals surface area contributed by atoms with Gasteiger partial charge in [-0.05, 0) is 11.1 Å². The minimum atomic E-state index is -0.389. The number of benzene rings is 2. The Morgan fingerprint density at radius 1 is 1.16 bits per heavy atom. The van der Waals surface area contributed by atoms with E-state index >= 15 is 0 Å². The number of likely N-dealkylation sites (N-methyl/N-ethyl adjacent to an activating group) is 1. The first-order chi connectivity index (χ1) is 11.6. The van der Waals surface area contributed by atoms with E-state index in [1.165, 1.54) is 11.1 Å². The summed E-state index contributed by atoms with van der Waals surface area (Å²) in [6.07, 6.45) is 0.882. The van der Waals surface area contributed by atoms with E-state index in [1.54, 1.807) is 4.90 Å². The van der Waals surface area contributed by atoms with Gasteiger partial charge < -0.3 is 9.80 Å². The number of carbonyl (C=O) groups is 2. The maximum absolute atomic E-state index is 13.0. The Balaban J connectivity index is 0.00000182. The van der Waals surface area contributed by atoms with E-state index in [2.05, 4.69) is 18.2 Å². The molecule has 2 amide bonds. The zero-order valence-electron chi connectivity index (χ0n) is 14.2. The Morgan fingerprint density at radius 2 is 1.92 bits per heavy atom. The monoisotopic (exact) mass is 408 g/mol. The number of carbonyl (C=O) groups excluding carboxylic acids is 2. The van der Waals surface area contributed by atoms with Crippen molar-refractivity contribution in [1.29, 1.82) is 0 Å². The summed E-state index contributed by atoms with van der Waals surface area (Å²) < 4.78 is 0. The molecule has 1 radical (unpaired) electrons. The van der Waals surface area contributed by atoms with Crippen LogP contribution < -0.4 is 0 Å². The molecule has 4 nitrogen and oxygen atoms in total. The summed E-state index contributed by atoms with van der Waals surface area (Å²) in [5.41, 5.74) is 3.21. The molecule has 2 bridgehead atoms. The van der Waals surface area contributed by atoms with Crippen molar-refractivity contribution >= 4 is 11.8 Å². The van der Waals surface area contributed by atoms with Gasteiger partial charge in [0.25, 0.3) is 0 Å². The van der Waals surface area contributed by atoms with Crippen LogP contribution in [0.4, 0.5) is 0 Å². The van der Waals surface area contributed by atoms with Gasteiger partial charge in [-0.25, -0.2) is 0 Å². The molecule has 1 fully saturated rings. The molecule has 0 N–H and O–H groups in total. The van der Waals surface area contributed by atoms with Crippen molar-refractivity contribution < 1.29 is 42.3 Å². The van der Waals surface area contributed by atoms with Crippen LogP contribution in [0, 0.1) is 6.07 Å². The second kappa shape index (κ2) is 7.39. The molecular formula is C20H19N2O2Y-. The third kappa shape index (κ3) is 3.30. The normalized spacial score (nSPS) is 21.4. The zero-order valence-corrected chi connectivity index (χ0v) is 17.0. The Morgan fingerprint density at radius 3 is 2.68 bits per heavy atom. The summed E-state index contributed by atoms with van der Waals surface area (Å²) in [6.45, 7) is 0.552. The molecule has 1 saturated heterocycles. The Labute approximate surface area is 173 Å². The van der Waals surface area contributed by atoms with E-state index in [0.29, 0.717) is 13.0 Å². The maximum Gasteiger partial charge on any atom is 0.245 e. The van der Waals surface area contributed by atoms with Gasteiger partial charge in [-0.1, -0.05) is 24.3 Å². The molecule has 2 aromatic rings. The van der Waals surface area contributed by atoms with Crippen LogP contribution in [0.15, 0.2) is 48.5 Å². The molecule has 2 aliphatic heterocycles. The zero-order chi connectivity index (χ0) is 16.7. The first-order valence-electron chi connectivity index (χ1n) is 8.24. The molecule has 0 aromatic heterocycles. The molecule has 2 aromatic carbocycles. The Bertz CT molecular complexity index is 793. The van der Waals surface area contributed by atoms with Crippen molar-refractivity contribution in [3.05, 3.63) is 71.3 Å². The fraction of sp³-hybridized carbons (Fsp3) is 0.300. The molecule has 25 heavy (non-hydrogen) atoms. The SMILES string of the molecule is CN1C[C@@H]2c3ccccc3C[C@H](C1=O)N2C(=O)Cc1[c-]cccc1.[Y]. The quantitative estimate of drug-likeness (QED) is 0.714. The second-order valence-corrected chi connectivity index (χ2v) is 6.52. The fourth-order valence-corrected chi connectivity index (χ4v) is 3.86. The molecule has 0 aliphatic carbocycles. The van der Waals surface area contributed by atoms with E-state index < -0.39 is 0 Å². The smallest absolute Gasteiger partial charge is 0.245 e. The van der Waals surface area contributed by atoms with Gasteiger partial charge >= 0.3 is 0 Å². The van der Waals surface area contributed by atoms with Gasteiger partial charge in [0.15, 0.2) is 0 Å². The number of hydrogen-bond donors (Lipinski definition) is 0. The summed E-state index contributed by atoms with van der Waals surface area (Å²) in [6, 6.07) is 18.3. The summed E-state index contributed by atoms with van der Waals surface area (Å²) in [4.78, 5) is 29.2. The van der Waals surface area contributed by atoms with Gasteiger partial charge in [0.1, 0.15) is 6.04 Å². The largest absolute Gasteiger partial charge is 0.342 e. The van der Waals surface area contributed by atoms with Gasteiger partial charge in [0.05, 0.1) is 6.04 Å². The van der Waals surface area contributed by atoms with Gasteiger partial charge in [-0.15, -0.1) is 0 Å². The summed E-state index contributed by atoms with van der Waals surface area (Å²) >= 11 is 0. The molecule has 5 heteroatoms. The molecular weight excluding hydrogens is 389 g/mol. The average Bonchev–Trinajstić information content (AvgIpc) is 2.60. The van der Waals surface area contributed by atoms with Crippen molar-refractivity contribution in [3.63, 3.8) is 0 Å². The number of fused-ring (bicyclic) bond motifs is 4. The molecule has 0 unspecified atom stereocenters. The number of piperazine rings is 1. The van der Waals surface area contributed by atoms with Crippen LogP contribution in [-0.2, 0) is 55.1 Å². The second-order valence-electron chi connectivity index (χ2n) is 6.52. The van der Waals surface area contributed by atoms with E-state index in [1.807, 2.05) is 48.3 Å². The molecule has 2 aliphatic rings. The average molecular weight is 408 g/mol. The van der Waals surface area contributed by atoms with E-state index in [4.69, 9.17) is 0 Å². The van der Waals surface area contributed by atoms with E-state index in [0.717, 1.165) is 5.56 Å². The molecule has 2 atom stereocenters. The molecule has 0 spiro atoms. The minimum absolute atomic E-state index is 0. The van der Waals surface area contributed by atoms with Crippen LogP contribution in [0.1, 0.15) is 22.7 Å². The first kappa shape index (κ1) is 18.3. The van der Waals surface area contributed by atoms with Crippen LogP contribution >= 0.6 is 0 Å². The Kier molecular flexibility index (Phi) is 5.40. The van der Waals surface area contributed by atoms with Crippen molar-refractivity contribution in [3.8, 4) is 0 Å². The van der Waals surface area contributed by atoms with Gasteiger partial charge in [0.2, 0.25) is 11.8 Å². The minimum Gasteiger partial charge on any atom is -0.342 e. The van der Waals surface area contributed by atoms with Gasteiger partial charge in [0, 0.05) is 59.1 Å². The van der Waals surface area contributed by atoms with Crippen molar-refractivity contribution in [2.24, 2.45) is 0 Å². The molecule has 4 rings (SSSR count). The van der Waals surface area contributed by atoms with E-state index in [-0.39, 0.29) is 63.0 Å². The van der Waals surface area contributed by atoms with Crippen molar-refractivity contribution in [2.45, 2.75) is 24.9 Å². The van der Waals surface area contributed by atoms with Gasteiger partial charge in [-0.3, -0.25) is 9.59 Å². The van der Waals surface area contributed by atoms with Gasteiger partial charge in [-0.2, -0.15) is 35.9 Å². The predicted molar refractivity (Wildman–Crippen MR) is 90.1 cm³/mol. The first-order valence-corrected chi connectivity index (χ1v) is 8.24. The van der Waals surface area contributed by atoms with Crippen LogP contribution in [0.3, 0.4) is 0 Å². The van der Waals surface area contributed by atoms with Crippen molar-refractivity contribution in [1.82, 2.24) is 9.80 Å². The number of hydrogen-bond acceptors (Lipinski definition) is 2. The van der Waals surface area contributed by atoms with Crippen LogP contribution in [0.25, 0.3) is 0 Å². The molecule has 0 saturated carbocycles. The number of nitrogens with zero attached hydrogens (tertiary/aromatic N) is 2. The van der Waals surface area contributed by atoms with E-state index in [9.17, 15) is 9.59 Å². The maximum atomic E-state index is 13.0. The van der Waals surface area contributed by atoms with Crippen LogP contribution in [0.5, 0.6) is 0 Å². The third-order valence-electron chi connectivity index (χ3n) is 5.01. The Hall–Kier alpha value is -1.52. The fourth-order valence-electron chi connectivity index (χ4n) is 3.86. The summed E-state index contributed by atoms with van der Waals surface area (Å²) in [5.74, 6) is 0.0366. The topological polar surface area (TPSA) is 40.6 Å². The van der Waals surface area contributed by atoms with Crippen LogP contribution in [0.2, 0.25) is 0 Å². The molecule has 125 valence electrons. The number of amides is 2. The predicted octanol–water partition coefficient (Wildman–Crippen LogP) is 1.99. The molecule has 2 heterocycles. The van der Waals surface area contributed by atoms with Crippen molar-refractivity contribution in [2.75, 3.05) is 13.6 Å². The number of rotatable bonds is 2. The summed E-state index contributed by atoms with van der Waals surface area (Å²) in [7, 11) is 1.82. The van der Waals surface area contributed by atoms with Crippen LogP contribution in [-0.4, -0.2) is 41.2 Å².